The normalized spacial score (nSPS) is 10.8. The molecule has 1 aromatic carbocycles. The second kappa shape index (κ2) is 3.63. The molecule has 0 aliphatic heterocycles. The Balaban J connectivity index is 3.23. The lowest BCUT2D eigenvalue weighted by Crippen LogP contribution is -1.90. The van der Waals surface area contributed by atoms with Gasteiger partial charge in [0.1, 0.15) is 5.82 Å². The lowest BCUT2D eigenvalue weighted by atomic mass is 10.0. The van der Waals surface area contributed by atoms with E-state index in [1.807, 2.05) is 13.8 Å². The molecule has 3 heteroatoms. The van der Waals surface area contributed by atoms with Crippen LogP contribution in [0.4, 0.5) is 4.39 Å². The van der Waals surface area contributed by atoms with Crippen LogP contribution in [0.2, 0.25) is 10.0 Å². The monoisotopic (exact) mass is 206 g/mol. The molecule has 0 aromatic heterocycles. The Kier molecular flexibility index (Phi) is 2.97. The van der Waals surface area contributed by atoms with Gasteiger partial charge in [0.25, 0.3) is 0 Å². The fourth-order valence-electron chi connectivity index (χ4n) is 0.980. The van der Waals surface area contributed by atoms with Crippen molar-refractivity contribution in [3.8, 4) is 0 Å². The van der Waals surface area contributed by atoms with Crippen molar-refractivity contribution in [3.63, 3.8) is 0 Å². The molecule has 1 aromatic rings. The van der Waals surface area contributed by atoms with Crippen LogP contribution in [0.1, 0.15) is 25.3 Å². The molecule has 66 valence electrons. The summed E-state index contributed by atoms with van der Waals surface area (Å²) in [6.45, 7) is 3.91. The van der Waals surface area contributed by atoms with Crippen LogP contribution in [0.15, 0.2) is 12.1 Å². The van der Waals surface area contributed by atoms with Crippen LogP contribution in [0.5, 0.6) is 0 Å². The smallest absolute Gasteiger partial charge is 0.142 e. The van der Waals surface area contributed by atoms with Gasteiger partial charge in [0.2, 0.25) is 0 Å². The molecule has 0 nitrogen and oxygen atoms in total. The van der Waals surface area contributed by atoms with Gasteiger partial charge in [-0.05, 0) is 23.6 Å². The van der Waals surface area contributed by atoms with Gasteiger partial charge in [-0.15, -0.1) is 0 Å². The molecule has 0 radical (unpaired) electrons. The summed E-state index contributed by atoms with van der Waals surface area (Å²) in [4.78, 5) is 0. The van der Waals surface area contributed by atoms with E-state index in [2.05, 4.69) is 0 Å². The van der Waals surface area contributed by atoms with Gasteiger partial charge >= 0.3 is 0 Å². The molecule has 0 bridgehead atoms. The SMILES string of the molecule is CC(C)c1cc(F)c(Cl)cc1Cl. The summed E-state index contributed by atoms with van der Waals surface area (Å²) in [5.74, 6) is -0.200. The van der Waals surface area contributed by atoms with E-state index in [-0.39, 0.29) is 10.9 Å². The summed E-state index contributed by atoms with van der Waals surface area (Å²) < 4.78 is 12.9. The molecule has 0 fully saturated rings. The molecule has 0 aliphatic rings. The van der Waals surface area contributed by atoms with Gasteiger partial charge in [0.15, 0.2) is 0 Å². The Morgan fingerprint density at radius 3 is 2.25 bits per heavy atom. The molecular formula is C9H9Cl2F. The van der Waals surface area contributed by atoms with Crippen molar-refractivity contribution in [2.45, 2.75) is 19.8 Å². The van der Waals surface area contributed by atoms with Crippen molar-refractivity contribution in [1.29, 1.82) is 0 Å². The lowest BCUT2D eigenvalue weighted by molar-refractivity contribution is 0.624. The highest BCUT2D eigenvalue weighted by Crippen LogP contribution is 2.29. The van der Waals surface area contributed by atoms with Gasteiger partial charge in [-0.25, -0.2) is 4.39 Å². The summed E-state index contributed by atoms with van der Waals surface area (Å²) in [6, 6.07) is 2.82. The maximum absolute atomic E-state index is 12.9. The van der Waals surface area contributed by atoms with Gasteiger partial charge in [-0.2, -0.15) is 0 Å². The van der Waals surface area contributed by atoms with E-state index < -0.39 is 5.82 Å². The summed E-state index contributed by atoms with van der Waals surface area (Å²) in [5, 5.41) is 0.598. The van der Waals surface area contributed by atoms with Gasteiger partial charge in [0.05, 0.1) is 5.02 Å². The third-order valence-electron chi connectivity index (χ3n) is 1.66. The zero-order valence-corrected chi connectivity index (χ0v) is 8.38. The standard InChI is InChI=1S/C9H9Cl2F/c1-5(2)6-3-9(12)8(11)4-7(6)10/h3-5H,1-2H3. The molecule has 0 amide bonds. The predicted octanol–water partition coefficient (Wildman–Crippen LogP) is 4.26. The van der Waals surface area contributed by atoms with E-state index in [1.165, 1.54) is 12.1 Å². The maximum Gasteiger partial charge on any atom is 0.142 e. The van der Waals surface area contributed by atoms with Gasteiger partial charge in [0, 0.05) is 5.02 Å². The number of halogens is 3. The predicted molar refractivity (Wildman–Crippen MR) is 50.5 cm³/mol. The first-order chi connectivity index (χ1) is 5.52. The third-order valence-corrected chi connectivity index (χ3v) is 2.28. The fourth-order valence-corrected chi connectivity index (χ4v) is 1.58. The van der Waals surface area contributed by atoms with Crippen molar-refractivity contribution in [2.75, 3.05) is 0 Å². The van der Waals surface area contributed by atoms with Crippen LogP contribution in [-0.4, -0.2) is 0 Å². The van der Waals surface area contributed by atoms with Gasteiger partial charge < -0.3 is 0 Å². The highest BCUT2D eigenvalue weighted by Gasteiger charge is 2.09. The largest absolute Gasteiger partial charge is 0.205 e. The minimum atomic E-state index is -0.412. The number of hydrogen-bond donors (Lipinski definition) is 0. The highest BCUT2D eigenvalue weighted by atomic mass is 35.5. The summed E-state index contributed by atoms with van der Waals surface area (Å²) in [6.07, 6.45) is 0. The fraction of sp³-hybridized carbons (Fsp3) is 0.333. The maximum atomic E-state index is 12.9. The Labute approximate surface area is 81.3 Å². The Morgan fingerprint density at radius 2 is 1.75 bits per heavy atom. The second-order valence-corrected chi connectivity index (χ2v) is 3.76. The Morgan fingerprint density at radius 1 is 1.17 bits per heavy atom. The number of rotatable bonds is 1. The minimum Gasteiger partial charge on any atom is -0.205 e. The lowest BCUT2D eigenvalue weighted by Gasteiger charge is -2.08. The third kappa shape index (κ3) is 1.90. The highest BCUT2D eigenvalue weighted by molar-refractivity contribution is 6.35. The second-order valence-electron chi connectivity index (χ2n) is 2.94. The van der Waals surface area contributed by atoms with Crippen LogP contribution in [0, 0.1) is 5.82 Å². The molecule has 0 saturated heterocycles. The summed E-state index contributed by atoms with van der Waals surface area (Å²) in [5.41, 5.74) is 0.790. The Hall–Kier alpha value is -0.270. The quantitative estimate of drug-likeness (QED) is 0.603. The first-order valence-electron chi connectivity index (χ1n) is 3.67. The topological polar surface area (TPSA) is 0 Å². The zero-order valence-electron chi connectivity index (χ0n) is 6.87. The van der Waals surface area contributed by atoms with Crippen LogP contribution >= 0.6 is 23.2 Å². The first kappa shape index (κ1) is 9.82. The van der Waals surface area contributed by atoms with Gasteiger partial charge in [-0.1, -0.05) is 37.0 Å². The zero-order chi connectivity index (χ0) is 9.30. The van der Waals surface area contributed by atoms with E-state index in [1.54, 1.807) is 0 Å². The van der Waals surface area contributed by atoms with Crippen molar-refractivity contribution >= 4 is 23.2 Å². The van der Waals surface area contributed by atoms with Gasteiger partial charge in [-0.3, -0.25) is 0 Å². The van der Waals surface area contributed by atoms with Crippen molar-refractivity contribution in [2.24, 2.45) is 0 Å². The van der Waals surface area contributed by atoms with E-state index in [0.29, 0.717) is 5.02 Å². The average Bonchev–Trinajstić information content (AvgIpc) is 1.96. The Bertz CT molecular complexity index is 295. The van der Waals surface area contributed by atoms with E-state index in [0.717, 1.165) is 5.56 Å². The number of hydrogen-bond acceptors (Lipinski definition) is 0. The molecule has 0 unspecified atom stereocenters. The summed E-state index contributed by atoms with van der Waals surface area (Å²) >= 11 is 11.4. The molecule has 0 heterocycles. The van der Waals surface area contributed by atoms with Crippen molar-refractivity contribution in [1.82, 2.24) is 0 Å². The van der Waals surface area contributed by atoms with E-state index in [4.69, 9.17) is 23.2 Å². The molecule has 0 spiro atoms. The van der Waals surface area contributed by atoms with Crippen LogP contribution in [0.3, 0.4) is 0 Å². The van der Waals surface area contributed by atoms with Crippen molar-refractivity contribution < 1.29 is 4.39 Å². The minimum absolute atomic E-state index is 0.0735. The van der Waals surface area contributed by atoms with E-state index >= 15 is 0 Å². The molecule has 12 heavy (non-hydrogen) atoms. The average molecular weight is 207 g/mol. The number of benzene rings is 1. The molecule has 0 aliphatic carbocycles. The molecular weight excluding hydrogens is 198 g/mol. The van der Waals surface area contributed by atoms with Crippen LogP contribution in [0.25, 0.3) is 0 Å². The van der Waals surface area contributed by atoms with Crippen LogP contribution < -0.4 is 0 Å². The first-order valence-corrected chi connectivity index (χ1v) is 4.42. The molecule has 0 saturated carbocycles. The van der Waals surface area contributed by atoms with Crippen LogP contribution in [-0.2, 0) is 0 Å². The molecule has 0 atom stereocenters. The van der Waals surface area contributed by atoms with E-state index in [9.17, 15) is 4.39 Å². The summed E-state index contributed by atoms with van der Waals surface area (Å²) in [7, 11) is 0. The molecule has 0 N–H and O–H groups in total. The molecule has 1 rings (SSSR count). The van der Waals surface area contributed by atoms with Crippen molar-refractivity contribution in [3.05, 3.63) is 33.6 Å².